The minimum Gasteiger partial charge on any atom is -0.405 e. The van der Waals surface area contributed by atoms with Gasteiger partial charge in [0.05, 0.1) is 12.7 Å². The lowest BCUT2D eigenvalue weighted by atomic mass is 9.90. The van der Waals surface area contributed by atoms with E-state index in [0.717, 1.165) is 6.42 Å². The second-order valence-corrected chi connectivity index (χ2v) is 14.0. The third kappa shape index (κ3) is 5.95. The Bertz CT molecular complexity index is 746. The summed E-state index contributed by atoms with van der Waals surface area (Å²) in [5, 5.41) is 13.4. The fraction of sp³-hybridized carbons (Fsp3) is 0.481. The Morgan fingerprint density at radius 3 is 1.84 bits per heavy atom. The van der Waals surface area contributed by atoms with E-state index in [2.05, 4.69) is 89.7 Å². The van der Waals surface area contributed by atoms with Crippen molar-refractivity contribution >= 4 is 18.7 Å². The van der Waals surface area contributed by atoms with E-state index in [9.17, 15) is 5.11 Å². The zero-order chi connectivity index (χ0) is 23.1. The molecule has 0 amide bonds. The molecule has 0 fully saturated rings. The Kier molecular flexibility index (Phi) is 9.25. The van der Waals surface area contributed by atoms with Gasteiger partial charge in [-0.3, -0.25) is 0 Å². The minimum absolute atomic E-state index is 0.0840. The molecule has 0 bridgehead atoms. The molecule has 0 aliphatic heterocycles. The van der Waals surface area contributed by atoms with Crippen LogP contribution in [0.5, 0.6) is 0 Å². The summed E-state index contributed by atoms with van der Waals surface area (Å²) in [6, 6.07) is 21.1. The van der Waals surface area contributed by atoms with E-state index in [0.29, 0.717) is 12.5 Å². The van der Waals surface area contributed by atoms with Crippen molar-refractivity contribution < 1.29 is 14.3 Å². The number of allylic oxidation sites excluding steroid dienone is 1. The van der Waals surface area contributed by atoms with Crippen LogP contribution in [0, 0.1) is 11.8 Å². The summed E-state index contributed by atoms with van der Waals surface area (Å²) in [6.07, 6.45) is 1.80. The van der Waals surface area contributed by atoms with Crippen LogP contribution in [0.15, 0.2) is 73.3 Å². The molecule has 1 N–H and O–H groups in total. The highest BCUT2D eigenvalue weighted by atomic mass is 28.4. The molecular weight excluding hydrogens is 400 g/mol. The van der Waals surface area contributed by atoms with Gasteiger partial charge in [-0.1, -0.05) is 101 Å². The maximum absolute atomic E-state index is 11.0. The summed E-state index contributed by atoms with van der Waals surface area (Å²) >= 11 is 0. The number of rotatable bonds is 11. The first-order valence-electron chi connectivity index (χ1n) is 11.3. The molecular formula is C27H40O3Si. The van der Waals surface area contributed by atoms with E-state index in [-0.39, 0.29) is 11.0 Å². The molecule has 2 rings (SSSR count). The van der Waals surface area contributed by atoms with E-state index in [1.54, 1.807) is 7.11 Å². The van der Waals surface area contributed by atoms with Gasteiger partial charge >= 0.3 is 0 Å². The van der Waals surface area contributed by atoms with Crippen molar-refractivity contribution in [2.45, 2.75) is 58.3 Å². The number of benzene rings is 2. The fourth-order valence-electron chi connectivity index (χ4n) is 4.46. The predicted molar refractivity (Wildman–Crippen MR) is 134 cm³/mol. The Hall–Kier alpha value is -1.72. The molecule has 0 aliphatic carbocycles. The van der Waals surface area contributed by atoms with Crippen LogP contribution in [0.3, 0.4) is 0 Å². The SMILES string of the molecule is C=C[C@@H](C)C[C@@H](C)[C@@H](O)[C@@H](CO[Si](c1ccccc1)(c1ccccc1)C(C)(C)C)OC. The van der Waals surface area contributed by atoms with Gasteiger partial charge in [-0.2, -0.15) is 0 Å². The van der Waals surface area contributed by atoms with Gasteiger partial charge < -0.3 is 14.3 Å². The molecule has 0 saturated heterocycles. The highest BCUT2D eigenvalue weighted by Crippen LogP contribution is 2.37. The summed E-state index contributed by atoms with van der Waals surface area (Å²) in [5.41, 5.74) is 0. The fourth-order valence-corrected chi connectivity index (χ4v) is 9.03. The van der Waals surface area contributed by atoms with E-state index < -0.39 is 20.5 Å². The van der Waals surface area contributed by atoms with Crippen LogP contribution in [-0.4, -0.2) is 39.3 Å². The van der Waals surface area contributed by atoms with Crippen LogP contribution >= 0.6 is 0 Å². The molecule has 0 aromatic heterocycles. The number of hydrogen-bond donors (Lipinski definition) is 1. The van der Waals surface area contributed by atoms with Crippen LogP contribution in [0.25, 0.3) is 0 Å². The monoisotopic (exact) mass is 440 g/mol. The number of aliphatic hydroxyl groups excluding tert-OH is 1. The first-order chi connectivity index (χ1) is 14.7. The normalized spacial score (nSPS) is 16.4. The van der Waals surface area contributed by atoms with Crippen molar-refractivity contribution in [2.24, 2.45) is 11.8 Å². The van der Waals surface area contributed by atoms with E-state index in [1.807, 2.05) is 18.2 Å². The van der Waals surface area contributed by atoms with Crippen molar-refractivity contribution in [1.82, 2.24) is 0 Å². The van der Waals surface area contributed by atoms with Gasteiger partial charge in [-0.15, -0.1) is 6.58 Å². The topological polar surface area (TPSA) is 38.7 Å². The highest BCUT2D eigenvalue weighted by molar-refractivity contribution is 6.99. The number of ether oxygens (including phenoxy) is 1. The number of methoxy groups -OCH3 is 1. The Labute approximate surface area is 190 Å². The lowest BCUT2D eigenvalue weighted by Crippen LogP contribution is -2.67. The summed E-state index contributed by atoms with van der Waals surface area (Å²) in [6.45, 7) is 15.2. The van der Waals surface area contributed by atoms with Crippen molar-refractivity contribution in [3.63, 3.8) is 0 Å². The maximum atomic E-state index is 11.0. The molecule has 0 heterocycles. The van der Waals surface area contributed by atoms with Gasteiger partial charge in [0, 0.05) is 7.11 Å². The summed E-state index contributed by atoms with van der Waals surface area (Å²) in [7, 11) is -0.996. The Morgan fingerprint density at radius 2 is 1.45 bits per heavy atom. The molecule has 0 radical (unpaired) electrons. The Balaban J connectivity index is 2.41. The largest absolute Gasteiger partial charge is 0.405 e. The molecule has 4 heteroatoms. The van der Waals surface area contributed by atoms with E-state index in [4.69, 9.17) is 9.16 Å². The van der Waals surface area contributed by atoms with Gasteiger partial charge in [-0.25, -0.2) is 0 Å². The molecule has 2 aromatic rings. The summed E-state index contributed by atoms with van der Waals surface area (Å²) in [4.78, 5) is 0. The molecule has 170 valence electrons. The average Bonchev–Trinajstić information content (AvgIpc) is 2.76. The van der Waals surface area contributed by atoms with Crippen molar-refractivity contribution in [2.75, 3.05) is 13.7 Å². The third-order valence-corrected chi connectivity index (χ3v) is 11.3. The van der Waals surface area contributed by atoms with Crippen molar-refractivity contribution in [3.8, 4) is 0 Å². The van der Waals surface area contributed by atoms with E-state index >= 15 is 0 Å². The molecule has 0 unspecified atom stereocenters. The minimum atomic E-state index is -2.66. The van der Waals surface area contributed by atoms with Crippen LogP contribution in [-0.2, 0) is 9.16 Å². The second kappa shape index (κ2) is 11.2. The van der Waals surface area contributed by atoms with Gasteiger partial charge in [0.25, 0.3) is 8.32 Å². The van der Waals surface area contributed by atoms with Gasteiger partial charge in [0.2, 0.25) is 0 Å². The van der Waals surface area contributed by atoms with Crippen molar-refractivity contribution in [3.05, 3.63) is 73.3 Å². The van der Waals surface area contributed by atoms with Crippen LogP contribution < -0.4 is 10.4 Å². The molecule has 0 aliphatic rings. The van der Waals surface area contributed by atoms with Crippen LogP contribution in [0.1, 0.15) is 41.0 Å². The Morgan fingerprint density at radius 1 is 0.968 bits per heavy atom. The standard InChI is InChI=1S/C27H40O3Si/c1-8-21(2)19-22(3)26(28)25(29-7)20-30-31(27(4,5)6,23-15-11-9-12-16-23)24-17-13-10-14-18-24/h8-18,21-22,25-26,28H,1,19-20H2,2-7H3/t21-,22-,25-,26-/m1/s1. The smallest absolute Gasteiger partial charge is 0.261 e. The number of hydrogen-bond acceptors (Lipinski definition) is 3. The van der Waals surface area contributed by atoms with Crippen LogP contribution in [0.4, 0.5) is 0 Å². The summed E-state index contributed by atoms with van der Waals surface area (Å²) < 4.78 is 12.7. The summed E-state index contributed by atoms with van der Waals surface area (Å²) in [5.74, 6) is 0.431. The number of aliphatic hydroxyl groups is 1. The molecule has 0 saturated carbocycles. The highest BCUT2D eigenvalue weighted by Gasteiger charge is 2.50. The van der Waals surface area contributed by atoms with Crippen molar-refractivity contribution in [1.29, 1.82) is 0 Å². The molecule has 31 heavy (non-hydrogen) atoms. The molecule has 2 aromatic carbocycles. The lowest BCUT2D eigenvalue weighted by Gasteiger charge is -2.44. The quantitative estimate of drug-likeness (QED) is 0.403. The zero-order valence-corrected chi connectivity index (χ0v) is 21.0. The average molecular weight is 441 g/mol. The van der Waals surface area contributed by atoms with Gasteiger partial charge in [0.1, 0.15) is 6.10 Å². The molecule has 4 atom stereocenters. The van der Waals surface area contributed by atoms with Crippen LogP contribution in [0.2, 0.25) is 5.04 Å². The van der Waals surface area contributed by atoms with Gasteiger partial charge in [-0.05, 0) is 33.7 Å². The first-order valence-corrected chi connectivity index (χ1v) is 13.2. The molecule has 3 nitrogen and oxygen atoms in total. The lowest BCUT2D eigenvalue weighted by molar-refractivity contribution is -0.0617. The maximum Gasteiger partial charge on any atom is 0.261 e. The second-order valence-electron chi connectivity index (χ2n) is 9.66. The molecule has 0 spiro atoms. The third-order valence-electron chi connectivity index (χ3n) is 6.29. The zero-order valence-electron chi connectivity index (χ0n) is 20.0. The first kappa shape index (κ1) is 25.5. The van der Waals surface area contributed by atoms with E-state index in [1.165, 1.54) is 10.4 Å². The predicted octanol–water partition coefficient (Wildman–Crippen LogP) is 4.79. The van der Waals surface area contributed by atoms with Gasteiger partial charge in [0.15, 0.2) is 0 Å².